The number of rotatable bonds is 3. The number of alkyl halides is 1. The summed E-state index contributed by atoms with van der Waals surface area (Å²) < 4.78 is 26.1. The molecule has 1 aliphatic heterocycles. The molecule has 0 unspecified atom stereocenters. The predicted molar refractivity (Wildman–Crippen MR) is 92.3 cm³/mol. The maximum atomic E-state index is 13.1. The zero-order valence-electron chi connectivity index (χ0n) is 13.8. The molecule has 1 aliphatic carbocycles. The molecule has 2 atom stereocenters. The first-order valence-electron chi connectivity index (χ1n) is 8.60. The zero-order chi connectivity index (χ0) is 17.6. The van der Waals surface area contributed by atoms with E-state index in [9.17, 15) is 13.6 Å². The molecular weight excluding hydrogens is 322 g/mol. The first-order valence-corrected chi connectivity index (χ1v) is 8.60. The number of benzene rings is 2. The first-order chi connectivity index (χ1) is 12.0. The van der Waals surface area contributed by atoms with E-state index in [1.165, 1.54) is 22.6 Å². The second kappa shape index (κ2) is 6.23. The van der Waals surface area contributed by atoms with Crippen LogP contribution in [0.2, 0.25) is 0 Å². The fraction of sp³-hybridized carbons (Fsp3) is 0.350. The van der Waals surface area contributed by atoms with Crippen molar-refractivity contribution in [2.75, 3.05) is 13.1 Å². The summed E-state index contributed by atoms with van der Waals surface area (Å²) in [6.07, 6.45) is 0.773. The van der Waals surface area contributed by atoms with Crippen molar-refractivity contribution < 1.29 is 13.6 Å². The van der Waals surface area contributed by atoms with Crippen LogP contribution < -0.4 is 5.73 Å². The Morgan fingerprint density at radius 1 is 1.12 bits per heavy atom. The number of hydrogen-bond acceptors (Lipinski definition) is 2. The molecule has 1 heterocycles. The number of hydrogen-bond donors (Lipinski definition) is 1. The molecule has 0 saturated carbocycles. The van der Waals surface area contributed by atoms with Gasteiger partial charge in [0.2, 0.25) is 5.91 Å². The van der Waals surface area contributed by atoms with Gasteiger partial charge in [0.25, 0.3) is 0 Å². The van der Waals surface area contributed by atoms with Crippen LogP contribution >= 0.6 is 0 Å². The molecule has 1 saturated heterocycles. The van der Waals surface area contributed by atoms with Crippen LogP contribution in [-0.4, -0.2) is 36.1 Å². The van der Waals surface area contributed by atoms with Gasteiger partial charge in [-0.05, 0) is 47.2 Å². The number of likely N-dealkylation sites (tertiary alicyclic amines) is 1. The Morgan fingerprint density at radius 3 is 2.48 bits per heavy atom. The summed E-state index contributed by atoms with van der Waals surface area (Å²) in [4.78, 5) is 13.9. The van der Waals surface area contributed by atoms with Crippen LogP contribution in [0.4, 0.5) is 8.78 Å². The maximum absolute atomic E-state index is 13.1. The number of halogens is 2. The van der Waals surface area contributed by atoms with E-state index in [0.29, 0.717) is 0 Å². The van der Waals surface area contributed by atoms with E-state index in [1.54, 1.807) is 12.1 Å². The lowest BCUT2D eigenvalue weighted by Crippen LogP contribution is -2.57. The average molecular weight is 342 g/mol. The molecular formula is C20H20F2N2O. The van der Waals surface area contributed by atoms with Crippen LogP contribution in [0.25, 0.3) is 11.1 Å². The number of nitrogens with zero attached hydrogens (tertiary/aromatic N) is 1. The molecule has 0 aromatic heterocycles. The van der Waals surface area contributed by atoms with Crippen molar-refractivity contribution in [3.8, 4) is 11.1 Å². The van der Waals surface area contributed by atoms with E-state index in [0.717, 1.165) is 29.5 Å². The SMILES string of the molecule is N[C@H](C(=O)N1CC(F)C1)[C@H]1CCc2cc(-c3ccc(F)cc3)ccc21. The largest absolute Gasteiger partial charge is 0.335 e. The van der Waals surface area contributed by atoms with E-state index < -0.39 is 12.2 Å². The summed E-state index contributed by atoms with van der Waals surface area (Å²) in [7, 11) is 0. The van der Waals surface area contributed by atoms with Crippen LogP contribution in [0, 0.1) is 5.82 Å². The van der Waals surface area contributed by atoms with Gasteiger partial charge in [0, 0.05) is 5.92 Å². The van der Waals surface area contributed by atoms with Gasteiger partial charge in [-0.1, -0.05) is 30.3 Å². The van der Waals surface area contributed by atoms with Crippen molar-refractivity contribution in [2.24, 2.45) is 5.73 Å². The van der Waals surface area contributed by atoms with Crippen LogP contribution in [0.15, 0.2) is 42.5 Å². The molecule has 25 heavy (non-hydrogen) atoms. The van der Waals surface area contributed by atoms with E-state index >= 15 is 0 Å². The number of nitrogens with two attached hydrogens (primary N) is 1. The Balaban J connectivity index is 1.55. The molecule has 5 heteroatoms. The monoisotopic (exact) mass is 342 g/mol. The molecule has 3 nitrogen and oxygen atoms in total. The molecule has 2 aliphatic rings. The predicted octanol–water partition coefficient (Wildman–Crippen LogP) is 3.03. The van der Waals surface area contributed by atoms with Crippen LogP contribution in [0.3, 0.4) is 0 Å². The third kappa shape index (κ3) is 2.93. The van der Waals surface area contributed by atoms with Gasteiger partial charge in [0.05, 0.1) is 19.1 Å². The second-order valence-electron chi connectivity index (χ2n) is 6.93. The number of fused-ring (bicyclic) bond motifs is 1. The van der Waals surface area contributed by atoms with Crippen molar-refractivity contribution in [1.29, 1.82) is 0 Å². The molecule has 1 amide bonds. The average Bonchev–Trinajstić information content (AvgIpc) is 3.01. The Hall–Kier alpha value is -2.27. The van der Waals surface area contributed by atoms with Crippen molar-refractivity contribution >= 4 is 5.91 Å². The molecule has 2 aromatic rings. The molecule has 1 fully saturated rings. The van der Waals surface area contributed by atoms with Gasteiger partial charge in [-0.2, -0.15) is 0 Å². The summed E-state index contributed by atoms with van der Waals surface area (Å²) >= 11 is 0. The van der Waals surface area contributed by atoms with E-state index in [4.69, 9.17) is 5.73 Å². The normalized spacial score (nSPS) is 20.9. The fourth-order valence-electron chi connectivity index (χ4n) is 3.83. The minimum Gasteiger partial charge on any atom is -0.335 e. The van der Waals surface area contributed by atoms with Gasteiger partial charge in [-0.25, -0.2) is 8.78 Å². The van der Waals surface area contributed by atoms with Gasteiger partial charge >= 0.3 is 0 Å². The lowest BCUT2D eigenvalue weighted by atomic mass is 9.91. The molecule has 0 radical (unpaired) electrons. The Morgan fingerprint density at radius 2 is 1.80 bits per heavy atom. The maximum Gasteiger partial charge on any atom is 0.240 e. The quantitative estimate of drug-likeness (QED) is 0.932. The van der Waals surface area contributed by atoms with Gasteiger partial charge in [0.15, 0.2) is 0 Å². The highest BCUT2D eigenvalue weighted by Crippen LogP contribution is 2.38. The van der Waals surface area contributed by atoms with E-state index in [-0.39, 0.29) is 30.7 Å². The molecule has 2 aromatic carbocycles. The van der Waals surface area contributed by atoms with E-state index in [1.807, 2.05) is 12.1 Å². The molecule has 2 N–H and O–H groups in total. The van der Waals surface area contributed by atoms with Crippen molar-refractivity contribution in [3.63, 3.8) is 0 Å². The van der Waals surface area contributed by atoms with Crippen molar-refractivity contribution in [1.82, 2.24) is 4.90 Å². The molecule has 4 rings (SSSR count). The minimum absolute atomic E-state index is 0.0246. The lowest BCUT2D eigenvalue weighted by molar-refractivity contribution is -0.140. The third-order valence-electron chi connectivity index (χ3n) is 5.31. The molecule has 0 spiro atoms. The minimum atomic E-state index is -0.912. The molecule has 130 valence electrons. The van der Waals surface area contributed by atoms with Gasteiger partial charge in [0.1, 0.15) is 12.0 Å². The summed E-state index contributed by atoms with van der Waals surface area (Å²) in [5.41, 5.74) is 10.5. The van der Waals surface area contributed by atoms with Gasteiger partial charge in [-0.3, -0.25) is 4.79 Å². The van der Waals surface area contributed by atoms with E-state index in [2.05, 4.69) is 6.07 Å². The zero-order valence-corrected chi connectivity index (χ0v) is 13.8. The Bertz CT molecular complexity index is 800. The number of carbonyl (C=O) groups is 1. The summed E-state index contributed by atoms with van der Waals surface area (Å²) in [5.74, 6) is -0.436. The van der Waals surface area contributed by atoms with Crippen LogP contribution in [-0.2, 0) is 11.2 Å². The summed E-state index contributed by atoms with van der Waals surface area (Å²) in [5, 5.41) is 0. The van der Waals surface area contributed by atoms with Crippen molar-refractivity contribution in [3.05, 3.63) is 59.4 Å². The second-order valence-corrected chi connectivity index (χ2v) is 6.93. The highest BCUT2D eigenvalue weighted by atomic mass is 19.1. The first kappa shape index (κ1) is 16.2. The standard InChI is InChI=1S/C20H20F2N2O/c21-15-5-1-12(2-6-15)13-3-7-17-14(9-13)4-8-18(17)19(23)20(25)24-10-16(22)11-24/h1-3,5-7,9,16,18-19H,4,8,10-11,23H2/t18-,19-/m0/s1. The van der Waals surface area contributed by atoms with Gasteiger partial charge in [-0.15, -0.1) is 0 Å². The van der Waals surface area contributed by atoms with Crippen LogP contribution in [0.5, 0.6) is 0 Å². The van der Waals surface area contributed by atoms with Gasteiger partial charge < -0.3 is 10.6 Å². The Labute approximate surface area is 145 Å². The number of amides is 1. The Kier molecular flexibility index (Phi) is 4.04. The molecule has 0 bridgehead atoms. The highest BCUT2D eigenvalue weighted by Gasteiger charge is 2.38. The van der Waals surface area contributed by atoms with Crippen LogP contribution in [0.1, 0.15) is 23.5 Å². The fourth-order valence-corrected chi connectivity index (χ4v) is 3.83. The summed E-state index contributed by atoms with van der Waals surface area (Å²) in [6.45, 7) is 0.325. The summed E-state index contributed by atoms with van der Waals surface area (Å²) in [6, 6.07) is 11.9. The van der Waals surface area contributed by atoms with Crippen molar-refractivity contribution in [2.45, 2.75) is 31.0 Å². The lowest BCUT2D eigenvalue weighted by Gasteiger charge is -2.37. The smallest absolute Gasteiger partial charge is 0.240 e. The number of aryl methyl sites for hydroxylation is 1. The highest BCUT2D eigenvalue weighted by molar-refractivity contribution is 5.84. The number of carbonyl (C=O) groups excluding carboxylic acids is 1. The topological polar surface area (TPSA) is 46.3 Å². The third-order valence-corrected chi connectivity index (χ3v) is 5.31.